The van der Waals surface area contributed by atoms with Crippen LogP contribution in [0.2, 0.25) is 0 Å². The molecule has 0 atom stereocenters. The monoisotopic (exact) mass is 265 g/mol. The molecule has 0 aromatic carbocycles. The van der Waals surface area contributed by atoms with Gasteiger partial charge >= 0.3 is 7.60 Å². The van der Waals surface area contributed by atoms with Gasteiger partial charge in [-0.05, 0) is 13.0 Å². The third-order valence-electron chi connectivity index (χ3n) is 2.79. The first kappa shape index (κ1) is 17.1. The number of unbranched alkanes of at least 4 members (excludes halogenated alkanes) is 7. The highest BCUT2D eigenvalue weighted by molar-refractivity contribution is 7.51. The van der Waals surface area contributed by atoms with Crippen LogP contribution in [0.25, 0.3) is 0 Å². The fraction of sp³-hybridized carbons (Fsp3) is 1.00. The standard InChI is InChI=1S/C12H28NO3P/c1-2-3-4-5-6-7-8-9-10-13-11-12-17(14,15)16/h13H,2-12H2,1H3,(H2,14,15,16). The molecule has 5 heteroatoms. The zero-order valence-electron chi connectivity index (χ0n) is 11.0. The van der Waals surface area contributed by atoms with Crippen molar-refractivity contribution in [3.05, 3.63) is 0 Å². The molecule has 0 heterocycles. The van der Waals surface area contributed by atoms with E-state index in [1.807, 2.05) is 0 Å². The van der Waals surface area contributed by atoms with Crippen molar-refractivity contribution in [1.29, 1.82) is 0 Å². The molecule has 0 aromatic heterocycles. The van der Waals surface area contributed by atoms with E-state index in [-0.39, 0.29) is 6.16 Å². The van der Waals surface area contributed by atoms with E-state index < -0.39 is 7.60 Å². The Morgan fingerprint density at radius 3 is 1.94 bits per heavy atom. The number of hydrogen-bond acceptors (Lipinski definition) is 2. The molecule has 0 fully saturated rings. The summed E-state index contributed by atoms with van der Waals surface area (Å²) in [7, 11) is -3.81. The van der Waals surface area contributed by atoms with Crippen molar-refractivity contribution in [2.45, 2.75) is 58.3 Å². The molecule has 3 N–H and O–H groups in total. The Morgan fingerprint density at radius 1 is 0.882 bits per heavy atom. The number of rotatable bonds is 12. The lowest BCUT2D eigenvalue weighted by atomic mass is 10.1. The summed E-state index contributed by atoms with van der Waals surface area (Å²) in [6.07, 6.45) is 10.2. The predicted octanol–water partition coefficient (Wildman–Crippen LogP) is 2.89. The fourth-order valence-electron chi connectivity index (χ4n) is 1.73. The smallest absolute Gasteiger partial charge is 0.324 e. The molecule has 0 spiro atoms. The van der Waals surface area contributed by atoms with Crippen molar-refractivity contribution in [3.63, 3.8) is 0 Å². The van der Waals surface area contributed by atoms with Crippen LogP contribution >= 0.6 is 7.60 Å². The fourth-order valence-corrected chi connectivity index (χ4v) is 2.18. The molecule has 0 radical (unpaired) electrons. The highest BCUT2D eigenvalue weighted by Gasteiger charge is 2.10. The summed E-state index contributed by atoms with van der Waals surface area (Å²) < 4.78 is 10.5. The van der Waals surface area contributed by atoms with Gasteiger partial charge in [0.05, 0.1) is 6.16 Å². The first-order chi connectivity index (χ1) is 8.06. The lowest BCUT2D eigenvalue weighted by Gasteiger charge is -2.06. The summed E-state index contributed by atoms with van der Waals surface area (Å²) in [5, 5.41) is 3.06. The molecule has 0 rings (SSSR count). The van der Waals surface area contributed by atoms with Crippen LogP contribution in [0.4, 0.5) is 0 Å². The minimum atomic E-state index is -3.81. The van der Waals surface area contributed by atoms with E-state index >= 15 is 0 Å². The SMILES string of the molecule is CCCCCCCCCCNCCP(=O)(O)O. The maximum atomic E-state index is 10.5. The summed E-state index contributed by atoms with van der Waals surface area (Å²) in [6, 6.07) is 0. The topological polar surface area (TPSA) is 69.6 Å². The van der Waals surface area contributed by atoms with Crippen LogP contribution in [0.5, 0.6) is 0 Å². The van der Waals surface area contributed by atoms with Crippen LogP contribution < -0.4 is 5.32 Å². The van der Waals surface area contributed by atoms with Gasteiger partial charge in [-0.15, -0.1) is 0 Å². The van der Waals surface area contributed by atoms with Gasteiger partial charge in [0.1, 0.15) is 0 Å². The zero-order chi connectivity index (χ0) is 13.0. The van der Waals surface area contributed by atoms with E-state index in [1.165, 1.54) is 44.9 Å². The second kappa shape index (κ2) is 11.2. The summed E-state index contributed by atoms with van der Waals surface area (Å²) >= 11 is 0. The van der Waals surface area contributed by atoms with E-state index in [9.17, 15) is 4.57 Å². The average molecular weight is 265 g/mol. The van der Waals surface area contributed by atoms with E-state index in [1.54, 1.807) is 0 Å². The summed E-state index contributed by atoms with van der Waals surface area (Å²) in [6.45, 7) is 3.51. The lowest BCUT2D eigenvalue weighted by Crippen LogP contribution is -2.19. The molecule has 0 aromatic rings. The molecule has 0 unspecified atom stereocenters. The quantitative estimate of drug-likeness (QED) is 0.375. The van der Waals surface area contributed by atoms with E-state index in [4.69, 9.17) is 9.79 Å². The van der Waals surface area contributed by atoms with Crippen molar-refractivity contribution >= 4 is 7.60 Å². The van der Waals surface area contributed by atoms with Crippen molar-refractivity contribution in [2.24, 2.45) is 0 Å². The van der Waals surface area contributed by atoms with Crippen LogP contribution in [0.1, 0.15) is 58.3 Å². The summed E-state index contributed by atoms with van der Waals surface area (Å²) in [5.74, 6) is 0. The maximum Gasteiger partial charge on any atom is 0.326 e. The zero-order valence-corrected chi connectivity index (χ0v) is 11.9. The van der Waals surface area contributed by atoms with Crippen LogP contribution in [0.15, 0.2) is 0 Å². The van der Waals surface area contributed by atoms with Gasteiger partial charge in [-0.25, -0.2) is 0 Å². The van der Waals surface area contributed by atoms with E-state index in [2.05, 4.69) is 12.2 Å². The molecule has 0 saturated heterocycles. The second-order valence-electron chi connectivity index (χ2n) is 4.61. The van der Waals surface area contributed by atoms with Gasteiger partial charge in [0.25, 0.3) is 0 Å². The molecular weight excluding hydrogens is 237 g/mol. The van der Waals surface area contributed by atoms with Gasteiger partial charge in [0, 0.05) is 6.54 Å². The van der Waals surface area contributed by atoms with Gasteiger partial charge in [-0.3, -0.25) is 4.57 Å². The van der Waals surface area contributed by atoms with Gasteiger partial charge in [-0.2, -0.15) is 0 Å². The van der Waals surface area contributed by atoms with Crippen molar-refractivity contribution < 1.29 is 14.4 Å². The number of nitrogens with one attached hydrogen (secondary N) is 1. The molecule has 0 amide bonds. The molecule has 0 aliphatic rings. The summed E-state index contributed by atoms with van der Waals surface area (Å²) in [4.78, 5) is 17.3. The Labute approximate surface area is 105 Å². The van der Waals surface area contributed by atoms with Crippen molar-refractivity contribution in [2.75, 3.05) is 19.3 Å². The minimum Gasteiger partial charge on any atom is -0.324 e. The summed E-state index contributed by atoms with van der Waals surface area (Å²) in [5.41, 5.74) is 0. The average Bonchev–Trinajstić information content (AvgIpc) is 2.24. The van der Waals surface area contributed by atoms with E-state index in [0.717, 1.165) is 13.0 Å². The molecule has 104 valence electrons. The van der Waals surface area contributed by atoms with Gasteiger partial charge in [0.15, 0.2) is 0 Å². The van der Waals surface area contributed by atoms with Crippen LogP contribution in [0.3, 0.4) is 0 Å². The van der Waals surface area contributed by atoms with Crippen molar-refractivity contribution in [1.82, 2.24) is 5.32 Å². The molecule has 0 saturated carbocycles. The lowest BCUT2D eigenvalue weighted by molar-refractivity contribution is 0.371. The van der Waals surface area contributed by atoms with Crippen LogP contribution in [0, 0.1) is 0 Å². The van der Waals surface area contributed by atoms with Crippen molar-refractivity contribution in [3.8, 4) is 0 Å². The Hall–Kier alpha value is 0.110. The Balaban J connectivity index is 3.01. The Kier molecular flexibility index (Phi) is 11.3. The van der Waals surface area contributed by atoms with E-state index in [0.29, 0.717) is 6.54 Å². The minimum absolute atomic E-state index is 0.0516. The third kappa shape index (κ3) is 16.1. The second-order valence-corrected chi connectivity index (χ2v) is 6.39. The molecule has 0 aliphatic carbocycles. The predicted molar refractivity (Wildman–Crippen MR) is 72.4 cm³/mol. The van der Waals surface area contributed by atoms with Gasteiger partial charge in [-0.1, -0.05) is 51.9 Å². The molecule has 0 bridgehead atoms. The van der Waals surface area contributed by atoms with Gasteiger partial charge in [0.2, 0.25) is 0 Å². The molecule has 17 heavy (non-hydrogen) atoms. The molecule has 0 aliphatic heterocycles. The number of hydrogen-bond donors (Lipinski definition) is 3. The normalized spacial score (nSPS) is 11.9. The molecular formula is C12H28NO3P. The highest BCUT2D eigenvalue weighted by atomic mass is 31.2. The largest absolute Gasteiger partial charge is 0.326 e. The van der Waals surface area contributed by atoms with Gasteiger partial charge < -0.3 is 15.1 Å². The van der Waals surface area contributed by atoms with Crippen LogP contribution in [-0.4, -0.2) is 29.0 Å². The maximum absolute atomic E-state index is 10.5. The first-order valence-electron chi connectivity index (χ1n) is 6.81. The highest BCUT2D eigenvalue weighted by Crippen LogP contribution is 2.32. The Bertz CT molecular complexity index is 206. The first-order valence-corrected chi connectivity index (χ1v) is 8.61. The Morgan fingerprint density at radius 2 is 1.41 bits per heavy atom. The molecule has 4 nitrogen and oxygen atoms in total. The van der Waals surface area contributed by atoms with Crippen LogP contribution in [-0.2, 0) is 4.57 Å². The third-order valence-corrected chi connectivity index (χ3v) is 3.59.